The highest BCUT2D eigenvalue weighted by Gasteiger charge is 2.21. The predicted octanol–water partition coefficient (Wildman–Crippen LogP) is 5.97. The molecule has 0 radical (unpaired) electrons. The molecule has 144 valence electrons. The van der Waals surface area contributed by atoms with E-state index < -0.39 is 21.5 Å². The van der Waals surface area contributed by atoms with Crippen molar-refractivity contribution in [2.24, 2.45) is 0 Å². The van der Waals surface area contributed by atoms with Crippen LogP contribution in [0, 0.1) is 11.6 Å². The molecule has 0 aliphatic heterocycles. The lowest BCUT2D eigenvalue weighted by atomic mass is 10.0. The van der Waals surface area contributed by atoms with Crippen molar-refractivity contribution in [3.8, 4) is 0 Å². The van der Waals surface area contributed by atoms with Gasteiger partial charge in [-0.15, -0.1) is 0 Å². The fraction of sp³-hybridized carbons (Fsp3) is 0.0500. The Morgan fingerprint density at radius 3 is 2.18 bits per heavy atom. The van der Waals surface area contributed by atoms with Crippen LogP contribution < -0.4 is 0 Å². The highest BCUT2D eigenvalue weighted by atomic mass is 79.9. The molecule has 1 heterocycles. The normalized spacial score (nSPS) is 11.4. The molecular formula is C20H13Br2F2NO2S. The highest BCUT2D eigenvalue weighted by molar-refractivity contribution is 9.10. The molecule has 0 amide bonds. The van der Waals surface area contributed by atoms with Crippen LogP contribution in [0.1, 0.15) is 11.3 Å². The number of sulfone groups is 1. The van der Waals surface area contributed by atoms with Gasteiger partial charge in [0.1, 0.15) is 11.6 Å². The van der Waals surface area contributed by atoms with E-state index in [4.69, 9.17) is 0 Å². The van der Waals surface area contributed by atoms with Crippen molar-refractivity contribution in [3.63, 3.8) is 0 Å². The monoisotopic (exact) mass is 527 g/mol. The van der Waals surface area contributed by atoms with Crippen LogP contribution in [-0.2, 0) is 16.3 Å². The Bertz CT molecular complexity index is 1140. The van der Waals surface area contributed by atoms with Crippen molar-refractivity contribution in [1.29, 1.82) is 0 Å². The molecule has 0 aliphatic carbocycles. The van der Waals surface area contributed by atoms with Crippen LogP contribution in [0.3, 0.4) is 0 Å². The number of pyridine rings is 1. The minimum atomic E-state index is -3.83. The fourth-order valence-electron chi connectivity index (χ4n) is 2.60. The largest absolute Gasteiger partial charge is 0.235 e. The third-order valence-electron chi connectivity index (χ3n) is 3.89. The Labute approximate surface area is 178 Å². The number of nitrogens with zero attached hydrogens (tertiary/aromatic N) is 1. The van der Waals surface area contributed by atoms with E-state index in [1.807, 2.05) is 0 Å². The molecule has 1 aromatic heterocycles. The molecule has 2 aromatic carbocycles. The van der Waals surface area contributed by atoms with Crippen molar-refractivity contribution < 1.29 is 17.2 Å². The van der Waals surface area contributed by atoms with Crippen molar-refractivity contribution in [2.45, 2.75) is 16.3 Å². The van der Waals surface area contributed by atoms with Gasteiger partial charge in [-0.05, 0) is 82.0 Å². The average Bonchev–Trinajstić information content (AvgIpc) is 2.61. The SMILES string of the molecule is C=C(Cc1cc(F)cc(F)c1)c1nc(S(=O)(=O)c2ccc(Br)cc2)ccc1Br. The molecule has 28 heavy (non-hydrogen) atoms. The molecule has 0 bridgehead atoms. The van der Waals surface area contributed by atoms with E-state index in [0.29, 0.717) is 21.3 Å². The number of rotatable bonds is 5. The number of hydrogen-bond acceptors (Lipinski definition) is 3. The smallest absolute Gasteiger partial charge is 0.223 e. The summed E-state index contributed by atoms with van der Waals surface area (Å²) in [5.41, 5.74) is 1.10. The Kier molecular flexibility index (Phi) is 6.12. The van der Waals surface area contributed by atoms with Crippen molar-refractivity contribution in [3.05, 3.63) is 93.0 Å². The second kappa shape index (κ2) is 8.23. The van der Waals surface area contributed by atoms with Crippen molar-refractivity contribution in [1.82, 2.24) is 4.98 Å². The number of hydrogen-bond donors (Lipinski definition) is 0. The first-order valence-electron chi connectivity index (χ1n) is 7.97. The summed E-state index contributed by atoms with van der Waals surface area (Å²) in [5.74, 6) is -1.39. The lowest BCUT2D eigenvalue weighted by Crippen LogP contribution is -2.07. The minimum absolute atomic E-state index is 0.106. The molecule has 0 saturated heterocycles. The third kappa shape index (κ3) is 4.56. The van der Waals surface area contributed by atoms with E-state index in [1.165, 1.54) is 30.3 Å². The fourth-order valence-corrected chi connectivity index (χ4v) is 4.56. The maximum absolute atomic E-state index is 13.4. The van der Waals surface area contributed by atoms with Crippen LogP contribution in [0.2, 0.25) is 0 Å². The first-order chi connectivity index (χ1) is 13.2. The first kappa shape index (κ1) is 20.8. The standard InChI is InChI=1S/C20H13Br2F2NO2S/c1-12(8-13-9-15(23)11-16(24)10-13)20-18(22)6-7-19(25-20)28(26,27)17-4-2-14(21)3-5-17/h2-7,9-11H,1,8H2. The van der Waals surface area contributed by atoms with Gasteiger partial charge in [0.05, 0.1) is 10.6 Å². The minimum Gasteiger partial charge on any atom is -0.235 e. The van der Waals surface area contributed by atoms with Gasteiger partial charge < -0.3 is 0 Å². The van der Waals surface area contributed by atoms with Gasteiger partial charge >= 0.3 is 0 Å². The number of halogens is 4. The van der Waals surface area contributed by atoms with Gasteiger partial charge in [-0.2, -0.15) is 0 Å². The van der Waals surface area contributed by atoms with Crippen molar-refractivity contribution >= 4 is 47.3 Å². The van der Waals surface area contributed by atoms with Crippen LogP contribution in [-0.4, -0.2) is 13.4 Å². The van der Waals surface area contributed by atoms with Gasteiger partial charge in [-0.25, -0.2) is 22.2 Å². The van der Waals surface area contributed by atoms with E-state index in [0.717, 1.165) is 10.5 Å². The lowest BCUT2D eigenvalue weighted by Gasteiger charge is -2.11. The second-order valence-corrected chi connectivity index (χ2v) is 9.66. The maximum atomic E-state index is 13.4. The van der Waals surface area contributed by atoms with Gasteiger partial charge in [0.25, 0.3) is 0 Å². The maximum Gasteiger partial charge on any atom is 0.223 e. The molecule has 0 saturated carbocycles. The van der Waals surface area contributed by atoms with Gasteiger partial charge in [0.15, 0.2) is 5.03 Å². The lowest BCUT2D eigenvalue weighted by molar-refractivity contribution is 0.580. The molecule has 3 aromatic rings. The Morgan fingerprint density at radius 2 is 1.57 bits per heavy atom. The molecule has 0 N–H and O–H groups in total. The highest BCUT2D eigenvalue weighted by Crippen LogP contribution is 2.28. The van der Waals surface area contributed by atoms with E-state index in [2.05, 4.69) is 43.4 Å². The molecule has 0 fully saturated rings. The van der Waals surface area contributed by atoms with Gasteiger partial charge in [-0.1, -0.05) is 22.5 Å². The molecular weight excluding hydrogens is 516 g/mol. The van der Waals surface area contributed by atoms with E-state index in [1.54, 1.807) is 18.2 Å². The quantitative estimate of drug-likeness (QED) is 0.409. The molecule has 3 rings (SSSR count). The topological polar surface area (TPSA) is 47.0 Å². The Hall–Kier alpha value is -1.90. The molecule has 0 atom stereocenters. The summed E-state index contributed by atoms with van der Waals surface area (Å²) in [4.78, 5) is 4.36. The molecule has 0 unspecified atom stereocenters. The number of aromatic nitrogens is 1. The zero-order valence-electron chi connectivity index (χ0n) is 14.3. The summed E-state index contributed by atoms with van der Waals surface area (Å²) >= 11 is 6.60. The average molecular weight is 529 g/mol. The Morgan fingerprint density at radius 1 is 0.964 bits per heavy atom. The van der Waals surface area contributed by atoms with Gasteiger partial charge in [0, 0.05) is 15.0 Å². The zero-order valence-corrected chi connectivity index (χ0v) is 18.3. The zero-order chi connectivity index (χ0) is 20.5. The Balaban J connectivity index is 1.97. The van der Waals surface area contributed by atoms with Crippen LogP contribution in [0.4, 0.5) is 8.78 Å². The summed E-state index contributed by atoms with van der Waals surface area (Å²) in [7, 11) is -3.83. The first-order valence-corrected chi connectivity index (χ1v) is 11.0. The summed E-state index contributed by atoms with van der Waals surface area (Å²) < 4.78 is 53.8. The third-order valence-corrected chi connectivity index (χ3v) is 6.73. The van der Waals surface area contributed by atoms with Gasteiger partial charge in [0.2, 0.25) is 9.84 Å². The summed E-state index contributed by atoms with van der Waals surface area (Å²) in [6.07, 6.45) is 0.113. The van der Waals surface area contributed by atoms with Crippen LogP contribution in [0.5, 0.6) is 0 Å². The van der Waals surface area contributed by atoms with Crippen molar-refractivity contribution in [2.75, 3.05) is 0 Å². The molecule has 8 heteroatoms. The summed E-state index contributed by atoms with van der Waals surface area (Å²) in [6.45, 7) is 3.91. The van der Waals surface area contributed by atoms with E-state index in [-0.39, 0.29) is 16.3 Å². The van der Waals surface area contributed by atoms with E-state index in [9.17, 15) is 17.2 Å². The molecule has 3 nitrogen and oxygen atoms in total. The molecule has 0 aliphatic rings. The second-order valence-electron chi connectivity index (χ2n) is 6.00. The van der Waals surface area contributed by atoms with Crippen LogP contribution in [0.25, 0.3) is 5.57 Å². The van der Waals surface area contributed by atoms with Crippen LogP contribution >= 0.6 is 31.9 Å². The van der Waals surface area contributed by atoms with Crippen LogP contribution in [0.15, 0.2) is 80.0 Å². The summed E-state index contributed by atoms with van der Waals surface area (Å²) in [6, 6.07) is 12.3. The summed E-state index contributed by atoms with van der Waals surface area (Å²) in [5, 5.41) is -0.139. The van der Waals surface area contributed by atoms with Gasteiger partial charge in [-0.3, -0.25) is 0 Å². The predicted molar refractivity (Wildman–Crippen MR) is 111 cm³/mol. The molecule has 0 spiro atoms. The number of benzene rings is 2. The number of allylic oxidation sites excluding steroid dienone is 1. The van der Waals surface area contributed by atoms with E-state index >= 15 is 0 Å².